The highest BCUT2D eigenvalue weighted by atomic mass is 16.6. The minimum Gasteiger partial charge on any atom is -0.448 e. The predicted molar refractivity (Wildman–Crippen MR) is 119 cm³/mol. The van der Waals surface area contributed by atoms with Gasteiger partial charge < -0.3 is 14.2 Å². The monoisotopic (exact) mass is 419 g/mol. The maximum atomic E-state index is 13.2. The molecule has 2 aromatic rings. The Bertz CT molecular complexity index is 939. The van der Waals surface area contributed by atoms with Gasteiger partial charge in [-0.2, -0.15) is 0 Å². The van der Waals surface area contributed by atoms with Crippen LogP contribution in [0.3, 0.4) is 0 Å². The molecule has 1 saturated heterocycles. The number of fused-ring (bicyclic) bond motifs is 5. The van der Waals surface area contributed by atoms with Gasteiger partial charge >= 0.3 is 6.09 Å². The van der Waals surface area contributed by atoms with Crippen LogP contribution in [0.25, 0.3) is 11.1 Å². The van der Waals surface area contributed by atoms with Crippen LogP contribution < -0.4 is 0 Å². The Morgan fingerprint density at radius 2 is 1.77 bits per heavy atom. The molecule has 1 fully saturated rings. The van der Waals surface area contributed by atoms with Crippen LogP contribution in [0.1, 0.15) is 36.8 Å². The Morgan fingerprint density at radius 1 is 1.06 bits per heavy atom. The largest absolute Gasteiger partial charge is 0.448 e. The van der Waals surface area contributed by atoms with Crippen molar-refractivity contribution in [3.63, 3.8) is 0 Å². The van der Waals surface area contributed by atoms with E-state index in [1.54, 1.807) is 0 Å². The van der Waals surface area contributed by atoms with Crippen LogP contribution in [0.5, 0.6) is 0 Å². The summed E-state index contributed by atoms with van der Waals surface area (Å²) in [5.41, 5.74) is 6.30. The number of hydrogen-bond donors (Lipinski definition) is 0. The molecule has 162 valence electrons. The minimum absolute atomic E-state index is 0.0380. The number of ether oxygens (including phenoxy) is 3. The van der Waals surface area contributed by atoms with Gasteiger partial charge in [-0.1, -0.05) is 60.2 Å². The van der Waals surface area contributed by atoms with Crippen LogP contribution in [-0.2, 0) is 14.2 Å². The van der Waals surface area contributed by atoms with E-state index >= 15 is 0 Å². The maximum Gasteiger partial charge on any atom is 0.410 e. The summed E-state index contributed by atoms with van der Waals surface area (Å²) in [4.78, 5) is 15.0. The van der Waals surface area contributed by atoms with E-state index in [-0.39, 0.29) is 24.1 Å². The smallest absolute Gasteiger partial charge is 0.410 e. The van der Waals surface area contributed by atoms with E-state index in [1.807, 2.05) is 11.8 Å². The fraction of sp³-hybridized carbons (Fsp3) is 0.423. The molecule has 31 heavy (non-hydrogen) atoms. The molecule has 0 radical (unpaired) electrons. The van der Waals surface area contributed by atoms with Gasteiger partial charge in [-0.25, -0.2) is 4.79 Å². The van der Waals surface area contributed by atoms with Gasteiger partial charge in [0.25, 0.3) is 0 Å². The summed E-state index contributed by atoms with van der Waals surface area (Å²) in [6, 6.07) is 16.8. The first kappa shape index (κ1) is 20.3. The SMILES string of the molecule is CCOCCC1=CC2COCC(C1)N2C(=O)OCC1c2ccccc2-c2ccccc21. The molecule has 0 N–H and O–H groups in total. The third-order valence-corrected chi connectivity index (χ3v) is 6.59. The van der Waals surface area contributed by atoms with Crippen molar-refractivity contribution in [1.29, 1.82) is 0 Å². The highest BCUT2D eigenvalue weighted by Crippen LogP contribution is 2.44. The molecule has 2 heterocycles. The van der Waals surface area contributed by atoms with Gasteiger partial charge in [0, 0.05) is 12.5 Å². The van der Waals surface area contributed by atoms with E-state index in [4.69, 9.17) is 14.2 Å². The van der Waals surface area contributed by atoms with E-state index in [1.165, 1.54) is 27.8 Å². The van der Waals surface area contributed by atoms with Crippen molar-refractivity contribution in [3.8, 4) is 11.1 Å². The Hall–Kier alpha value is -2.63. The van der Waals surface area contributed by atoms with E-state index in [9.17, 15) is 4.79 Å². The molecule has 0 saturated carbocycles. The lowest BCUT2D eigenvalue weighted by atomic mass is 9.93. The molecule has 5 heteroatoms. The lowest BCUT2D eigenvalue weighted by molar-refractivity contribution is -0.0368. The zero-order valence-electron chi connectivity index (χ0n) is 18.0. The third-order valence-electron chi connectivity index (χ3n) is 6.59. The number of morpholine rings is 1. The highest BCUT2D eigenvalue weighted by molar-refractivity contribution is 5.79. The fourth-order valence-corrected chi connectivity index (χ4v) is 5.17. The molecule has 2 atom stereocenters. The molecule has 1 amide bonds. The lowest BCUT2D eigenvalue weighted by Gasteiger charge is -2.44. The van der Waals surface area contributed by atoms with Gasteiger partial charge in [-0.15, -0.1) is 0 Å². The van der Waals surface area contributed by atoms with E-state index in [0.29, 0.717) is 19.8 Å². The second kappa shape index (κ2) is 8.85. The van der Waals surface area contributed by atoms with Crippen molar-refractivity contribution in [2.45, 2.75) is 37.8 Å². The van der Waals surface area contributed by atoms with Crippen molar-refractivity contribution in [2.24, 2.45) is 0 Å². The Labute approximate surface area is 183 Å². The van der Waals surface area contributed by atoms with E-state index in [2.05, 4.69) is 54.6 Å². The van der Waals surface area contributed by atoms with Gasteiger partial charge in [0.1, 0.15) is 6.61 Å². The lowest BCUT2D eigenvalue weighted by Crippen LogP contribution is -2.56. The number of carbonyl (C=O) groups excluding carboxylic acids is 1. The molecule has 2 aromatic carbocycles. The zero-order valence-corrected chi connectivity index (χ0v) is 18.0. The minimum atomic E-state index is -0.236. The van der Waals surface area contributed by atoms with Gasteiger partial charge in [-0.05, 0) is 42.0 Å². The Kier molecular flexibility index (Phi) is 5.79. The van der Waals surface area contributed by atoms with E-state index < -0.39 is 0 Å². The summed E-state index contributed by atoms with van der Waals surface area (Å²) < 4.78 is 17.2. The first-order valence-electron chi connectivity index (χ1n) is 11.2. The standard InChI is InChI=1S/C26H29NO4/c1-2-29-12-11-18-13-19-15-30-16-20(14-18)27(19)26(28)31-17-25-23-9-5-3-7-21(23)22-8-4-6-10-24(22)25/h3-10,13,19-20,25H,2,11-12,14-17H2,1H3. The van der Waals surface area contributed by atoms with Crippen LogP contribution in [0.2, 0.25) is 0 Å². The molecule has 2 aliphatic heterocycles. The first-order valence-corrected chi connectivity index (χ1v) is 11.2. The van der Waals surface area contributed by atoms with Gasteiger partial charge in [-0.3, -0.25) is 4.90 Å². The summed E-state index contributed by atoms with van der Waals surface area (Å²) in [5.74, 6) is 0.0783. The summed E-state index contributed by atoms with van der Waals surface area (Å²) in [5, 5.41) is 0. The van der Waals surface area contributed by atoms with Crippen molar-refractivity contribution in [3.05, 3.63) is 71.3 Å². The van der Waals surface area contributed by atoms with Gasteiger partial charge in [0.15, 0.2) is 0 Å². The molecular formula is C26H29NO4. The van der Waals surface area contributed by atoms with Crippen LogP contribution in [0.15, 0.2) is 60.2 Å². The topological polar surface area (TPSA) is 48.0 Å². The number of carbonyl (C=O) groups is 1. The predicted octanol–water partition coefficient (Wildman–Crippen LogP) is 4.76. The maximum absolute atomic E-state index is 13.2. The molecule has 5 rings (SSSR count). The Balaban J connectivity index is 1.29. The summed E-state index contributed by atoms with van der Waals surface area (Å²) in [7, 11) is 0. The highest BCUT2D eigenvalue weighted by Gasteiger charge is 2.39. The van der Waals surface area contributed by atoms with Crippen LogP contribution >= 0.6 is 0 Å². The number of rotatable bonds is 6. The third kappa shape index (κ3) is 3.88. The molecule has 3 aliphatic rings. The quantitative estimate of drug-likeness (QED) is 0.500. The molecule has 5 nitrogen and oxygen atoms in total. The summed E-state index contributed by atoms with van der Waals surface area (Å²) in [6.45, 7) is 4.91. The molecule has 0 spiro atoms. The van der Waals surface area contributed by atoms with Crippen LogP contribution in [0.4, 0.5) is 4.79 Å². The molecule has 1 aliphatic carbocycles. The molecular weight excluding hydrogens is 390 g/mol. The number of hydrogen-bond acceptors (Lipinski definition) is 4. The number of nitrogens with zero attached hydrogens (tertiary/aromatic N) is 1. The number of benzene rings is 2. The normalized spacial score (nSPS) is 22.0. The molecule has 2 bridgehead atoms. The van der Waals surface area contributed by atoms with Gasteiger partial charge in [0.05, 0.1) is 31.9 Å². The van der Waals surface area contributed by atoms with Crippen molar-refractivity contribution >= 4 is 6.09 Å². The van der Waals surface area contributed by atoms with Gasteiger partial charge in [0.2, 0.25) is 0 Å². The second-order valence-electron chi connectivity index (χ2n) is 8.45. The average Bonchev–Trinajstić information content (AvgIpc) is 3.11. The summed E-state index contributed by atoms with van der Waals surface area (Å²) in [6.07, 6.45) is 3.68. The average molecular weight is 420 g/mol. The molecule has 2 unspecified atom stereocenters. The second-order valence-corrected chi connectivity index (χ2v) is 8.45. The zero-order chi connectivity index (χ0) is 21.2. The van der Waals surface area contributed by atoms with Crippen molar-refractivity contribution < 1.29 is 19.0 Å². The van der Waals surface area contributed by atoms with Crippen molar-refractivity contribution in [1.82, 2.24) is 4.90 Å². The first-order chi connectivity index (χ1) is 15.3. The fourth-order valence-electron chi connectivity index (χ4n) is 5.17. The number of amides is 1. The van der Waals surface area contributed by atoms with Crippen molar-refractivity contribution in [2.75, 3.05) is 33.0 Å². The molecule has 0 aromatic heterocycles. The summed E-state index contributed by atoms with van der Waals surface area (Å²) >= 11 is 0. The van der Waals surface area contributed by atoms with Crippen LogP contribution in [-0.4, -0.2) is 56.1 Å². The van der Waals surface area contributed by atoms with E-state index in [0.717, 1.165) is 26.1 Å². The Morgan fingerprint density at radius 3 is 2.45 bits per heavy atom. The van der Waals surface area contributed by atoms with Crippen LogP contribution in [0, 0.1) is 0 Å².